The van der Waals surface area contributed by atoms with Crippen molar-refractivity contribution in [2.24, 2.45) is 0 Å². The van der Waals surface area contributed by atoms with E-state index in [0.717, 1.165) is 5.56 Å². The standard InChI is InChI=1S/C18H19F3N4O3S/c1-11-14(12(2)28-23-11)10-15(26)24-6-8-25(9-7-24)17(27)13-4-3-5-22-16(13)29-18(19,20)21/h3-5H,6-10H2,1-2H3. The van der Waals surface area contributed by atoms with Gasteiger partial charge in [0.1, 0.15) is 10.8 Å². The Balaban J connectivity index is 1.62. The van der Waals surface area contributed by atoms with Crippen molar-refractivity contribution in [1.29, 1.82) is 0 Å². The summed E-state index contributed by atoms with van der Waals surface area (Å²) in [5.74, 6) is -0.0419. The lowest BCUT2D eigenvalue weighted by molar-refractivity contribution is -0.132. The Labute approximate surface area is 169 Å². The van der Waals surface area contributed by atoms with Crippen LogP contribution in [0.2, 0.25) is 0 Å². The number of aryl methyl sites for hydroxylation is 2. The van der Waals surface area contributed by atoms with Gasteiger partial charge in [0.25, 0.3) is 5.91 Å². The van der Waals surface area contributed by atoms with Crippen LogP contribution in [0.25, 0.3) is 0 Å². The number of thioether (sulfide) groups is 1. The van der Waals surface area contributed by atoms with Crippen LogP contribution >= 0.6 is 11.8 Å². The molecule has 2 amide bonds. The number of halogens is 3. The summed E-state index contributed by atoms with van der Waals surface area (Å²) in [7, 11) is 0. The Kier molecular flexibility index (Phi) is 6.15. The number of aromatic nitrogens is 2. The number of rotatable bonds is 4. The molecule has 0 N–H and O–H groups in total. The summed E-state index contributed by atoms with van der Waals surface area (Å²) in [5.41, 5.74) is -3.22. The normalized spacial score (nSPS) is 14.9. The first kappa shape index (κ1) is 21.2. The van der Waals surface area contributed by atoms with Crippen LogP contribution in [0.15, 0.2) is 27.9 Å². The van der Waals surface area contributed by atoms with Crippen LogP contribution in [-0.4, -0.2) is 63.4 Å². The first-order chi connectivity index (χ1) is 13.7. The van der Waals surface area contributed by atoms with Gasteiger partial charge >= 0.3 is 5.51 Å². The van der Waals surface area contributed by atoms with Crippen molar-refractivity contribution in [2.45, 2.75) is 30.8 Å². The van der Waals surface area contributed by atoms with Crippen molar-refractivity contribution >= 4 is 23.6 Å². The van der Waals surface area contributed by atoms with E-state index in [0.29, 0.717) is 24.5 Å². The van der Waals surface area contributed by atoms with E-state index in [1.807, 2.05) is 0 Å². The van der Waals surface area contributed by atoms with Crippen LogP contribution in [0.4, 0.5) is 13.2 Å². The molecule has 1 aliphatic heterocycles. The molecule has 1 saturated heterocycles. The van der Waals surface area contributed by atoms with Crippen molar-refractivity contribution in [1.82, 2.24) is 19.9 Å². The van der Waals surface area contributed by atoms with Gasteiger partial charge in [-0.2, -0.15) is 13.2 Å². The highest BCUT2D eigenvalue weighted by atomic mass is 32.2. The Bertz CT molecular complexity index is 888. The minimum Gasteiger partial charge on any atom is -0.361 e. The van der Waals surface area contributed by atoms with Crippen molar-refractivity contribution in [2.75, 3.05) is 26.2 Å². The van der Waals surface area contributed by atoms with Crippen LogP contribution in [0.3, 0.4) is 0 Å². The van der Waals surface area contributed by atoms with E-state index in [2.05, 4.69) is 10.1 Å². The van der Waals surface area contributed by atoms with Crippen molar-refractivity contribution in [3.8, 4) is 0 Å². The minimum absolute atomic E-state index is 0.0923. The summed E-state index contributed by atoms with van der Waals surface area (Å²) in [6.07, 6.45) is 1.38. The maximum Gasteiger partial charge on any atom is 0.447 e. The highest BCUT2D eigenvalue weighted by Crippen LogP contribution is 2.37. The zero-order valence-electron chi connectivity index (χ0n) is 15.8. The molecule has 2 aromatic heterocycles. The van der Waals surface area contributed by atoms with Gasteiger partial charge in [-0.25, -0.2) is 4.98 Å². The van der Waals surface area contributed by atoms with Gasteiger partial charge in [-0.15, -0.1) is 0 Å². The Morgan fingerprint density at radius 1 is 1.17 bits per heavy atom. The van der Waals surface area contributed by atoms with Crippen molar-refractivity contribution < 1.29 is 27.3 Å². The predicted molar refractivity (Wildman–Crippen MR) is 98.3 cm³/mol. The van der Waals surface area contributed by atoms with Gasteiger partial charge in [-0.05, 0) is 26.0 Å². The van der Waals surface area contributed by atoms with E-state index >= 15 is 0 Å². The SMILES string of the molecule is Cc1noc(C)c1CC(=O)N1CCN(C(=O)c2cccnc2SC(F)(F)F)CC1. The first-order valence-corrected chi connectivity index (χ1v) is 9.67. The van der Waals surface area contributed by atoms with E-state index in [1.165, 1.54) is 23.2 Å². The fourth-order valence-electron chi connectivity index (χ4n) is 3.09. The lowest BCUT2D eigenvalue weighted by atomic mass is 10.1. The Hall–Kier alpha value is -2.56. The monoisotopic (exact) mass is 428 g/mol. The maximum atomic E-state index is 12.7. The molecule has 2 aromatic rings. The number of pyridine rings is 1. The number of hydrogen-bond donors (Lipinski definition) is 0. The smallest absolute Gasteiger partial charge is 0.361 e. The lowest BCUT2D eigenvalue weighted by Crippen LogP contribution is -2.51. The van der Waals surface area contributed by atoms with Crippen LogP contribution in [0, 0.1) is 13.8 Å². The molecule has 11 heteroatoms. The second kappa shape index (κ2) is 8.44. The molecule has 29 heavy (non-hydrogen) atoms. The molecule has 0 atom stereocenters. The number of alkyl halides is 3. The van der Waals surface area contributed by atoms with Gasteiger partial charge in [0.15, 0.2) is 0 Å². The Morgan fingerprint density at radius 3 is 2.41 bits per heavy atom. The molecule has 0 saturated carbocycles. The molecule has 1 fully saturated rings. The van der Waals surface area contributed by atoms with Gasteiger partial charge in [0.2, 0.25) is 5.91 Å². The quantitative estimate of drug-likeness (QED) is 0.697. The van der Waals surface area contributed by atoms with Gasteiger partial charge < -0.3 is 14.3 Å². The van der Waals surface area contributed by atoms with E-state index in [1.54, 1.807) is 18.7 Å². The molecule has 0 radical (unpaired) electrons. The topological polar surface area (TPSA) is 79.5 Å². The highest BCUT2D eigenvalue weighted by Gasteiger charge is 2.34. The molecule has 3 heterocycles. The third kappa shape index (κ3) is 5.08. The van der Waals surface area contributed by atoms with E-state index in [4.69, 9.17) is 4.52 Å². The number of hydrogen-bond acceptors (Lipinski definition) is 6. The molecule has 1 aliphatic rings. The lowest BCUT2D eigenvalue weighted by Gasteiger charge is -2.35. The molecule has 7 nitrogen and oxygen atoms in total. The van der Waals surface area contributed by atoms with E-state index < -0.39 is 23.2 Å². The van der Waals surface area contributed by atoms with Gasteiger partial charge in [0, 0.05) is 49.7 Å². The van der Waals surface area contributed by atoms with Gasteiger partial charge in [-0.1, -0.05) is 5.16 Å². The highest BCUT2D eigenvalue weighted by molar-refractivity contribution is 8.00. The summed E-state index contributed by atoms with van der Waals surface area (Å²) in [6.45, 7) is 4.57. The molecule has 0 unspecified atom stereocenters. The Morgan fingerprint density at radius 2 is 1.83 bits per heavy atom. The molecule has 0 spiro atoms. The van der Waals surface area contributed by atoms with Gasteiger partial charge in [-0.3, -0.25) is 9.59 Å². The molecule has 0 aliphatic carbocycles. The number of piperazine rings is 1. The van der Waals surface area contributed by atoms with E-state index in [-0.39, 0.29) is 36.0 Å². The largest absolute Gasteiger partial charge is 0.447 e. The summed E-state index contributed by atoms with van der Waals surface area (Å²) in [6, 6.07) is 2.76. The zero-order valence-corrected chi connectivity index (χ0v) is 16.6. The van der Waals surface area contributed by atoms with Crippen molar-refractivity contribution in [3.05, 3.63) is 40.9 Å². The molecule has 0 bridgehead atoms. The third-order valence-corrected chi connectivity index (χ3v) is 5.39. The zero-order chi connectivity index (χ0) is 21.2. The predicted octanol–water partition coefficient (Wildman–Crippen LogP) is 2.83. The number of nitrogens with zero attached hydrogens (tertiary/aromatic N) is 4. The minimum atomic E-state index is -4.54. The maximum absolute atomic E-state index is 12.7. The van der Waals surface area contributed by atoms with Crippen molar-refractivity contribution in [3.63, 3.8) is 0 Å². The molecule has 156 valence electrons. The molecule has 3 rings (SSSR count). The number of amides is 2. The van der Waals surface area contributed by atoms with E-state index in [9.17, 15) is 22.8 Å². The van der Waals surface area contributed by atoms with Crippen LogP contribution < -0.4 is 0 Å². The third-order valence-electron chi connectivity index (χ3n) is 4.64. The summed E-state index contributed by atoms with van der Waals surface area (Å²) in [4.78, 5) is 32.0. The average molecular weight is 428 g/mol. The average Bonchev–Trinajstić information content (AvgIpc) is 2.99. The molecular weight excluding hydrogens is 409 g/mol. The second-order valence-electron chi connectivity index (χ2n) is 6.56. The van der Waals surface area contributed by atoms with Crippen LogP contribution in [-0.2, 0) is 11.2 Å². The summed E-state index contributed by atoms with van der Waals surface area (Å²) < 4.78 is 43.2. The first-order valence-electron chi connectivity index (χ1n) is 8.85. The summed E-state index contributed by atoms with van der Waals surface area (Å²) in [5, 5.41) is 3.46. The molecular formula is C18H19F3N4O3S. The fraction of sp³-hybridized carbons (Fsp3) is 0.444. The van der Waals surface area contributed by atoms with Crippen LogP contribution in [0.5, 0.6) is 0 Å². The number of carbonyl (C=O) groups excluding carboxylic acids is 2. The second-order valence-corrected chi connectivity index (χ2v) is 7.61. The van der Waals surface area contributed by atoms with Gasteiger partial charge in [0.05, 0.1) is 17.7 Å². The van der Waals surface area contributed by atoms with Crippen LogP contribution in [0.1, 0.15) is 27.4 Å². The number of carbonyl (C=O) groups is 2. The molecule has 0 aromatic carbocycles. The summed E-state index contributed by atoms with van der Waals surface area (Å²) >= 11 is -0.408. The fourth-order valence-corrected chi connectivity index (χ4v) is 3.69.